The average molecular weight is 365 g/mol. The first-order chi connectivity index (χ1) is 13.0. The molecule has 0 radical (unpaired) electrons. The van der Waals surface area contributed by atoms with Crippen molar-refractivity contribution >= 4 is 17.7 Å². The van der Waals surface area contributed by atoms with Gasteiger partial charge in [-0.15, -0.1) is 0 Å². The molecule has 0 aliphatic rings. The number of nitrogens with zero attached hydrogens (tertiary/aromatic N) is 3. The Morgan fingerprint density at radius 3 is 2.70 bits per heavy atom. The first-order valence-corrected chi connectivity index (χ1v) is 8.01. The first kappa shape index (κ1) is 18.0. The van der Waals surface area contributed by atoms with Crippen LogP contribution in [-0.2, 0) is 16.1 Å². The molecule has 27 heavy (non-hydrogen) atoms. The molecule has 0 atom stereocenters. The van der Waals surface area contributed by atoms with Crippen LogP contribution in [0.1, 0.15) is 17.0 Å². The second-order valence-corrected chi connectivity index (χ2v) is 5.63. The zero-order valence-electron chi connectivity index (χ0n) is 14.4. The van der Waals surface area contributed by atoms with Crippen LogP contribution in [0.4, 0.5) is 5.69 Å². The van der Waals surface area contributed by atoms with E-state index >= 15 is 0 Å². The highest BCUT2D eigenvalue weighted by Crippen LogP contribution is 2.19. The SMILES string of the molecule is Cc1ccc(-c2noc(COC(=O)/C=C/c3ccccc3[N+](=O)[O-])n2)cc1. The van der Waals surface area contributed by atoms with E-state index < -0.39 is 10.9 Å². The molecule has 1 aromatic heterocycles. The van der Waals surface area contributed by atoms with E-state index in [1.807, 2.05) is 31.2 Å². The van der Waals surface area contributed by atoms with Crippen molar-refractivity contribution < 1.29 is 19.0 Å². The molecule has 0 spiro atoms. The largest absolute Gasteiger partial charge is 0.452 e. The molecule has 3 aromatic rings. The number of aromatic nitrogens is 2. The molecular formula is C19H15N3O5. The monoisotopic (exact) mass is 365 g/mol. The minimum atomic E-state index is -0.678. The van der Waals surface area contributed by atoms with Gasteiger partial charge in [-0.1, -0.05) is 47.1 Å². The highest BCUT2D eigenvalue weighted by Gasteiger charge is 2.12. The van der Waals surface area contributed by atoms with Gasteiger partial charge >= 0.3 is 5.97 Å². The molecule has 3 rings (SSSR count). The minimum Gasteiger partial charge on any atom is -0.452 e. The van der Waals surface area contributed by atoms with Crippen molar-refractivity contribution in [3.8, 4) is 11.4 Å². The van der Waals surface area contributed by atoms with Crippen molar-refractivity contribution in [3.05, 3.63) is 81.7 Å². The molecule has 0 fully saturated rings. The van der Waals surface area contributed by atoms with Gasteiger partial charge in [-0.05, 0) is 19.1 Å². The standard InChI is InChI=1S/C19H15N3O5/c1-13-6-8-15(9-7-13)19-20-17(27-21-19)12-26-18(23)11-10-14-4-2-3-5-16(14)22(24)25/h2-11H,12H2,1H3/b11-10+. The Labute approximate surface area is 154 Å². The van der Waals surface area contributed by atoms with Gasteiger partial charge in [-0.25, -0.2) is 4.79 Å². The van der Waals surface area contributed by atoms with Crippen LogP contribution in [-0.4, -0.2) is 21.0 Å². The molecule has 0 aliphatic heterocycles. The third-order valence-electron chi connectivity index (χ3n) is 3.65. The lowest BCUT2D eigenvalue weighted by atomic mass is 10.1. The number of hydrogen-bond donors (Lipinski definition) is 0. The Morgan fingerprint density at radius 1 is 1.22 bits per heavy atom. The van der Waals surface area contributed by atoms with E-state index in [0.717, 1.165) is 17.2 Å². The average Bonchev–Trinajstić information content (AvgIpc) is 3.14. The molecule has 2 aromatic carbocycles. The fraction of sp³-hybridized carbons (Fsp3) is 0.105. The van der Waals surface area contributed by atoms with Gasteiger partial charge in [0.05, 0.1) is 10.5 Å². The fourth-order valence-electron chi connectivity index (χ4n) is 2.27. The number of nitro benzene ring substituents is 1. The van der Waals surface area contributed by atoms with E-state index in [-0.39, 0.29) is 18.2 Å². The van der Waals surface area contributed by atoms with Crippen LogP contribution in [0, 0.1) is 17.0 Å². The van der Waals surface area contributed by atoms with Gasteiger partial charge in [-0.2, -0.15) is 4.98 Å². The summed E-state index contributed by atoms with van der Waals surface area (Å²) in [4.78, 5) is 26.4. The molecule has 0 amide bonds. The molecular weight excluding hydrogens is 350 g/mol. The summed E-state index contributed by atoms with van der Waals surface area (Å²) in [5, 5.41) is 14.8. The summed E-state index contributed by atoms with van der Waals surface area (Å²) in [5.41, 5.74) is 2.11. The first-order valence-electron chi connectivity index (χ1n) is 8.01. The van der Waals surface area contributed by atoms with Crippen molar-refractivity contribution in [2.45, 2.75) is 13.5 Å². The van der Waals surface area contributed by atoms with E-state index in [4.69, 9.17) is 9.26 Å². The number of carbonyl (C=O) groups is 1. The van der Waals surface area contributed by atoms with Crippen LogP contribution in [0.5, 0.6) is 0 Å². The Kier molecular flexibility index (Phi) is 5.36. The number of nitro groups is 1. The molecule has 0 bridgehead atoms. The molecule has 1 heterocycles. The second kappa shape index (κ2) is 8.05. The maximum Gasteiger partial charge on any atom is 0.331 e. The van der Waals surface area contributed by atoms with Gasteiger partial charge in [0, 0.05) is 17.7 Å². The smallest absolute Gasteiger partial charge is 0.331 e. The van der Waals surface area contributed by atoms with Crippen molar-refractivity contribution in [1.82, 2.24) is 10.1 Å². The number of carbonyl (C=O) groups excluding carboxylic acids is 1. The lowest BCUT2D eigenvalue weighted by Crippen LogP contribution is -2.01. The van der Waals surface area contributed by atoms with E-state index in [1.54, 1.807) is 12.1 Å². The summed E-state index contributed by atoms with van der Waals surface area (Å²) in [5.74, 6) is -0.127. The predicted molar refractivity (Wildman–Crippen MR) is 96.4 cm³/mol. The number of rotatable bonds is 6. The lowest BCUT2D eigenvalue weighted by Gasteiger charge is -1.98. The van der Waals surface area contributed by atoms with E-state index in [2.05, 4.69) is 10.1 Å². The summed E-state index contributed by atoms with van der Waals surface area (Å²) in [6, 6.07) is 13.7. The molecule has 0 saturated carbocycles. The third kappa shape index (κ3) is 4.63. The molecule has 8 heteroatoms. The Morgan fingerprint density at radius 2 is 1.96 bits per heavy atom. The van der Waals surface area contributed by atoms with Gasteiger partial charge in [-0.3, -0.25) is 10.1 Å². The van der Waals surface area contributed by atoms with Gasteiger partial charge in [0.25, 0.3) is 11.6 Å². The number of ether oxygens (including phenoxy) is 1. The van der Waals surface area contributed by atoms with Crippen LogP contribution in [0.25, 0.3) is 17.5 Å². The summed E-state index contributed by atoms with van der Waals surface area (Å²) in [7, 11) is 0. The topological polar surface area (TPSA) is 108 Å². The molecule has 136 valence electrons. The van der Waals surface area contributed by atoms with Crippen LogP contribution in [0.2, 0.25) is 0 Å². The van der Waals surface area contributed by atoms with Crippen molar-refractivity contribution in [2.24, 2.45) is 0 Å². The van der Waals surface area contributed by atoms with Gasteiger partial charge in [0.1, 0.15) is 0 Å². The van der Waals surface area contributed by atoms with Crippen molar-refractivity contribution in [2.75, 3.05) is 0 Å². The Hall–Kier alpha value is -3.81. The molecule has 8 nitrogen and oxygen atoms in total. The lowest BCUT2D eigenvalue weighted by molar-refractivity contribution is -0.385. The zero-order valence-corrected chi connectivity index (χ0v) is 14.4. The number of esters is 1. The van der Waals surface area contributed by atoms with Crippen molar-refractivity contribution in [1.29, 1.82) is 0 Å². The van der Waals surface area contributed by atoms with E-state index in [9.17, 15) is 14.9 Å². The predicted octanol–water partition coefficient (Wildman–Crippen LogP) is 3.71. The minimum absolute atomic E-state index is 0.0961. The number of aryl methyl sites for hydroxylation is 1. The maximum absolute atomic E-state index is 11.8. The number of hydrogen-bond acceptors (Lipinski definition) is 7. The summed E-state index contributed by atoms with van der Waals surface area (Å²) >= 11 is 0. The highest BCUT2D eigenvalue weighted by molar-refractivity contribution is 5.87. The Balaban J connectivity index is 1.60. The molecule has 0 saturated heterocycles. The molecule has 0 unspecified atom stereocenters. The number of benzene rings is 2. The van der Waals surface area contributed by atoms with Crippen LogP contribution >= 0.6 is 0 Å². The maximum atomic E-state index is 11.8. The quantitative estimate of drug-likeness (QED) is 0.283. The van der Waals surface area contributed by atoms with Crippen LogP contribution in [0.3, 0.4) is 0 Å². The summed E-state index contributed by atoms with van der Waals surface area (Å²) in [6.45, 7) is 1.78. The van der Waals surface area contributed by atoms with E-state index in [0.29, 0.717) is 11.4 Å². The third-order valence-corrected chi connectivity index (χ3v) is 3.65. The molecule has 0 N–H and O–H groups in total. The van der Waals surface area contributed by atoms with Gasteiger partial charge < -0.3 is 9.26 Å². The van der Waals surface area contributed by atoms with E-state index in [1.165, 1.54) is 18.2 Å². The van der Waals surface area contributed by atoms with Crippen LogP contribution in [0.15, 0.2) is 59.1 Å². The molecule has 0 aliphatic carbocycles. The normalized spacial score (nSPS) is 10.9. The summed E-state index contributed by atoms with van der Waals surface area (Å²) < 4.78 is 10.1. The van der Waals surface area contributed by atoms with Crippen LogP contribution < -0.4 is 0 Å². The fourth-order valence-corrected chi connectivity index (χ4v) is 2.27. The van der Waals surface area contributed by atoms with Gasteiger partial charge in [0.15, 0.2) is 6.61 Å². The Bertz CT molecular complexity index is 993. The van der Waals surface area contributed by atoms with Gasteiger partial charge in [0.2, 0.25) is 5.82 Å². The second-order valence-electron chi connectivity index (χ2n) is 5.63. The zero-order chi connectivity index (χ0) is 19.2. The summed E-state index contributed by atoms with van der Waals surface area (Å²) in [6.07, 6.45) is 2.44. The number of para-hydroxylation sites is 1. The highest BCUT2D eigenvalue weighted by atomic mass is 16.6. The van der Waals surface area contributed by atoms with Crippen molar-refractivity contribution in [3.63, 3.8) is 0 Å².